The summed E-state index contributed by atoms with van der Waals surface area (Å²) in [5.74, 6) is 0.208. The molecule has 1 aromatic carbocycles. The minimum Gasteiger partial charge on any atom is -0.351 e. The van der Waals surface area contributed by atoms with Gasteiger partial charge in [0.1, 0.15) is 5.01 Å². The Kier molecular flexibility index (Phi) is 5.05. The van der Waals surface area contributed by atoms with Crippen LogP contribution in [0, 0.1) is 5.92 Å². The van der Waals surface area contributed by atoms with Crippen molar-refractivity contribution >= 4 is 34.1 Å². The number of anilines is 2. The van der Waals surface area contributed by atoms with Crippen molar-refractivity contribution in [2.24, 2.45) is 11.7 Å². The van der Waals surface area contributed by atoms with Gasteiger partial charge in [-0.1, -0.05) is 25.2 Å². The Morgan fingerprint density at radius 1 is 1.18 bits per heavy atom. The molecule has 3 amide bonds. The van der Waals surface area contributed by atoms with E-state index in [0.717, 1.165) is 11.4 Å². The van der Waals surface area contributed by atoms with Gasteiger partial charge in [-0.2, -0.15) is 0 Å². The molecule has 4 N–H and O–H groups in total. The number of hydrogen-bond acceptors (Lipinski definition) is 5. The van der Waals surface area contributed by atoms with Crippen LogP contribution in [0.3, 0.4) is 0 Å². The minimum absolute atomic E-state index is 0.280. The SMILES string of the molecule is CC(C)Cc1nnc(NC(=O)c2ccc(NC(N)=O)cc2)s1. The van der Waals surface area contributed by atoms with Crippen LogP contribution in [0.4, 0.5) is 15.6 Å². The van der Waals surface area contributed by atoms with E-state index in [1.807, 2.05) is 0 Å². The monoisotopic (exact) mass is 319 g/mol. The first-order chi connectivity index (χ1) is 10.4. The number of rotatable bonds is 5. The maximum absolute atomic E-state index is 12.1. The summed E-state index contributed by atoms with van der Waals surface area (Å²) in [5, 5.41) is 14.5. The number of primary amides is 1. The molecule has 0 radical (unpaired) electrons. The number of carbonyl (C=O) groups excluding carboxylic acids is 2. The fourth-order valence-electron chi connectivity index (χ4n) is 1.75. The Morgan fingerprint density at radius 2 is 1.86 bits per heavy atom. The molecule has 116 valence electrons. The number of amides is 3. The van der Waals surface area contributed by atoms with Gasteiger partial charge >= 0.3 is 6.03 Å². The van der Waals surface area contributed by atoms with Gasteiger partial charge in [0.15, 0.2) is 0 Å². The number of carbonyl (C=O) groups is 2. The molecule has 1 heterocycles. The van der Waals surface area contributed by atoms with Crippen LogP contribution in [-0.2, 0) is 6.42 Å². The third-order valence-electron chi connectivity index (χ3n) is 2.68. The van der Waals surface area contributed by atoms with Crippen LogP contribution in [0.5, 0.6) is 0 Å². The average molecular weight is 319 g/mol. The quantitative estimate of drug-likeness (QED) is 0.786. The standard InChI is InChI=1S/C14H17N5O2S/c1-8(2)7-11-18-19-14(22-11)17-12(20)9-3-5-10(6-4-9)16-13(15)21/h3-6,8H,7H2,1-2H3,(H3,15,16,21)(H,17,19,20). The fraction of sp³-hybridized carbons (Fsp3) is 0.286. The van der Waals surface area contributed by atoms with Crippen LogP contribution >= 0.6 is 11.3 Å². The van der Waals surface area contributed by atoms with E-state index in [9.17, 15) is 9.59 Å². The van der Waals surface area contributed by atoms with Gasteiger partial charge in [0, 0.05) is 17.7 Å². The average Bonchev–Trinajstić information content (AvgIpc) is 2.85. The third-order valence-corrected chi connectivity index (χ3v) is 3.55. The predicted octanol–water partition coefficient (Wildman–Crippen LogP) is 2.48. The van der Waals surface area contributed by atoms with Gasteiger partial charge in [-0.15, -0.1) is 10.2 Å². The molecule has 0 spiro atoms. The molecular weight excluding hydrogens is 302 g/mol. The number of nitrogens with zero attached hydrogens (tertiary/aromatic N) is 2. The van der Waals surface area contributed by atoms with E-state index >= 15 is 0 Å². The maximum Gasteiger partial charge on any atom is 0.316 e. The fourth-order valence-corrected chi connectivity index (χ4v) is 2.70. The Bertz CT molecular complexity index is 666. The first kappa shape index (κ1) is 15.9. The van der Waals surface area contributed by atoms with Gasteiger partial charge in [-0.25, -0.2) is 4.79 Å². The summed E-state index contributed by atoms with van der Waals surface area (Å²) in [6.45, 7) is 4.20. The van der Waals surface area contributed by atoms with Crippen LogP contribution in [0.25, 0.3) is 0 Å². The lowest BCUT2D eigenvalue weighted by molar-refractivity contribution is 0.102. The highest BCUT2D eigenvalue weighted by Gasteiger charge is 2.11. The van der Waals surface area contributed by atoms with E-state index < -0.39 is 6.03 Å². The molecule has 0 bridgehead atoms. The van der Waals surface area contributed by atoms with Gasteiger partial charge in [-0.3, -0.25) is 10.1 Å². The summed E-state index contributed by atoms with van der Waals surface area (Å²) in [4.78, 5) is 22.8. The van der Waals surface area contributed by atoms with Crippen LogP contribution in [0.15, 0.2) is 24.3 Å². The van der Waals surface area contributed by atoms with Crippen molar-refractivity contribution in [2.75, 3.05) is 10.6 Å². The van der Waals surface area contributed by atoms with Gasteiger partial charge in [-0.05, 0) is 30.2 Å². The zero-order valence-electron chi connectivity index (χ0n) is 12.3. The highest BCUT2D eigenvalue weighted by atomic mass is 32.1. The first-order valence-electron chi connectivity index (χ1n) is 6.74. The van der Waals surface area contributed by atoms with Crippen LogP contribution in [0.1, 0.15) is 29.2 Å². The lowest BCUT2D eigenvalue weighted by Crippen LogP contribution is -2.19. The van der Waals surface area contributed by atoms with E-state index in [0.29, 0.717) is 22.3 Å². The summed E-state index contributed by atoms with van der Waals surface area (Å²) in [6.07, 6.45) is 0.834. The zero-order valence-corrected chi connectivity index (χ0v) is 13.1. The molecule has 22 heavy (non-hydrogen) atoms. The van der Waals surface area contributed by atoms with Crippen molar-refractivity contribution in [1.29, 1.82) is 0 Å². The molecule has 0 unspecified atom stereocenters. The summed E-state index contributed by atoms with van der Waals surface area (Å²) < 4.78 is 0. The molecule has 1 aromatic heterocycles. The highest BCUT2D eigenvalue weighted by molar-refractivity contribution is 7.15. The highest BCUT2D eigenvalue weighted by Crippen LogP contribution is 2.19. The van der Waals surface area contributed by atoms with E-state index in [1.54, 1.807) is 24.3 Å². The smallest absolute Gasteiger partial charge is 0.316 e. The van der Waals surface area contributed by atoms with Gasteiger partial charge < -0.3 is 11.1 Å². The molecule has 2 aromatic rings. The van der Waals surface area contributed by atoms with Crippen LogP contribution < -0.4 is 16.4 Å². The molecule has 0 aliphatic rings. The van der Waals surface area contributed by atoms with E-state index in [1.165, 1.54) is 11.3 Å². The number of nitrogens with two attached hydrogens (primary N) is 1. The summed E-state index contributed by atoms with van der Waals surface area (Å²) in [5.41, 5.74) is 6.00. The van der Waals surface area contributed by atoms with Crippen LogP contribution in [-0.4, -0.2) is 22.1 Å². The lowest BCUT2D eigenvalue weighted by Gasteiger charge is -2.04. The van der Waals surface area contributed by atoms with E-state index in [-0.39, 0.29) is 5.91 Å². The molecule has 0 saturated heterocycles. The maximum atomic E-state index is 12.1. The Morgan fingerprint density at radius 3 is 2.45 bits per heavy atom. The number of benzene rings is 1. The van der Waals surface area contributed by atoms with Gasteiger partial charge in [0.05, 0.1) is 0 Å². The summed E-state index contributed by atoms with van der Waals surface area (Å²) >= 11 is 1.37. The largest absolute Gasteiger partial charge is 0.351 e. The van der Waals surface area contributed by atoms with Crippen molar-refractivity contribution in [1.82, 2.24) is 10.2 Å². The molecule has 0 fully saturated rings. The second-order valence-corrected chi connectivity index (χ2v) is 6.18. The molecule has 0 aliphatic carbocycles. The second kappa shape index (κ2) is 6.99. The summed E-state index contributed by atoms with van der Waals surface area (Å²) in [6, 6.07) is 5.74. The first-order valence-corrected chi connectivity index (χ1v) is 7.56. The molecule has 2 rings (SSSR count). The number of hydrogen-bond donors (Lipinski definition) is 3. The van der Waals surface area contributed by atoms with Crippen molar-refractivity contribution in [3.63, 3.8) is 0 Å². The van der Waals surface area contributed by atoms with Crippen molar-refractivity contribution < 1.29 is 9.59 Å². The van der Waals surface area contributed by atoms with Crippen molar-refractivity contribution in [3.05, 3.63) is 34.8 Å². The second-order valence-electron chi connectivity index (χ2n) is 5.12. The Labute approximate surface area is 131 Å². The topological polar surface area (TPSA) is 110 Å². The zero-order chi connectivity index (χ0) is 16.1. The molecular formula is C14H17N5O2S. The van der Waals surface area contributed by atoms with Crippen molar-refractivity contribution in [3.8, 4) is 0 Å². The Balaban J connectivity index is 1.99. The lowest BCUT2D eigenvalue weighted by atomic mass is 10.1. The predicted molar refractivity (Wildman–Crippen MR) is 86.1 cm³/mol. The molecule has 0 saturated carbocycles. The van der Waals surface area contributed by atoms with Crippen molar-refractivity contribution in [2.45, 2.75) is 20.3 Å². The summed E-state index contributed by atoms with van der Waals surface area (Å²) in [7, 11) is 0. The minimum atomic E-state index is -0.649. The van der Waals surface area contributed by atoms with Gasteiger partial charge in [0.2, 0.25) is 5.13 Å². The third kappa shape index (κ3) is 4.52. The van der Waals surface area contributed by atoms with E-state index in [4.69, 9.17) is 5.73 Å². The van der Waals surface area contributed by atoms with Gasteiger partial charge in [0.25, 0.3) is 5.91 Å². The molecule has 0 aliphatic heterocycles. The van der Waals surface area contributed by atoms with E-state index in [2.05, 4.69) is 34.7 Å². The number of urea groups is 1. The molecule has 0 atom stereocenters. The Hall–Kier alpha value is -2.48. The number of nitrogens with one attached hydrogen (secondary N) is 2. The number of aromatic nitrogens is 2. The normalized spacial score (nSPS) is 10.5. The molecule has 7 nitrogen and oxygen atoms in total. The van der Waals surface area contributed by atoms with Crippen LogP contribution in [0.2, 0.25) is 0 Å². The molecule has 8 heteroatoms.